The molecule has 6 heteroatoms. The van der Waals surface area contributed by atoms with Gasteiger partial charge in [-0.2, -0.15) is 0 Å². The third-order valence-corrected chi connectivity index (χ3v) is 3.88. The molecule has 0 aliphatic heterocycles. The van der Waals surface area contributed by atoms with Crippen molar-refractivity contribution in [1.82, 2.24) is 0 Å². The number of ketones is 1. The summed E-state index contributed by atoms with van der Waals surface area (Å²) in [4.78, 5) is 24.1. The molecule has 1 N–H and O–H groups in total. The third kappa shape index (κ3) is 3.02. The van der Waals surface area contributed by atoms with Gasteiger partial charge < -0.3 is 19.3 Å². The molecule has 0 bridgehead atoms. The van der Waals surface area contributed by atoms with Crippen LogP contribution in [-0.2, 0) is 14.3 Å². The molecule has 0 saturated carbocycles. The lowest BCUT2D eigenvalue weighted by atomic mass is 9.80. The van der Waals surface area contributed by atoms with E-state index in [2.05, 4.69) is 0 Å². The second-order valence-corrected chi connectivity index (χ2v) is 5.19. The van der Waals surface area contributed by atoms with E-state index in [0.717, 1.165) is 0 Å². The Kier molecular flexibility index (Phi) is 4.93. The molecule has 0 heterocycles. The van der Waals surface area contributed by atoms with Crippen molar-refractivity contribution in [3.63, 3.8) is 0 Å². The van der Waals surface area contributed by atoms with Crippen molar-refractivity contribution in [2.75, 3.05) is 20.8 Å². The quantitative estimate of drug-likeness (QED) is 0.840. The first-order valence-corrected chi connectivity index (χ1v) is 7.30. The van der Waals surface area contributed by atoms with Crippen LogP contribution in [0.3, 0.4) is 0 Å². The fourth-order valence-electron chi connectivity index (χ4n) is 2.73. The Morgan fingerprint density at radius 3 is 2.35 bits per heavy atom. The molecule has 124 valence electrons. The van der Waals surface area contributed by atoms with Gasteiger partial charge in [-0.25, -0.2) is 0 Å². The molecular weight excluding hydrogens is 300 g/mol. The van der Waals surface area contributed by atoms with Crippen LogP contribution in [0.1, 0.15) is 37.3 Å². The first-order chi connectivity index (χ1) is 10.9. The highest BCUT2D eigenvalue weighted by Gasteiger charge is 2.35. The average Bonchev–Trinajstić information content (AvgIpc) is 2.53. The number of rotatable bonds is 5. The number of allylic oxidation sites excluding steroid dienone is 1. The predicted octanol–water partition coefficient (Wildman–Crippen LogP) is 2.61. The molecular formula is C17H20O6. The Morgan fingerprint density at radius 1 is 1.22 bits per heavy atom. The van der Waals surface area contributed by atoms with E-state index in [1.165, 1.54) is 21.1 Å². The van der Waals surface area contributed by atoms with Crippen LogP contribution in [0.4, 0.5) is 0 Å². The number of hydrogen-bond acceptors (Lipinski definition) is 6. The first kappa shape index (κ1) is 16.9. The number of hydrogen-bond donors (Lipinski definition) is 1. The van der Waals surface area contributed by atoms with Crippen LogP contribution in [0.5, 0.6) is 11.5 Å². The summed E-state index contributed by atoms with van der Waals surface area (Å²) < 4.78 is 15.6. The molecule has 1 aromatic carbocycles. The summed E-state index contributed by atoms with van der Waals surface area (Å²) in [7, 11) is 2.96. The summed E-state index contributed by atoms with van der Waals surface area (Å²) in [6, 6.07) is 3.21. The Morgan fingerprint density at radius 2 is 1.83 bits per heavy atom. The Balaban J connectivity index is 2.67. The maximum absolute atomic E-state index is 12.3. The second-order valence-electron chi connectivity index (χ2n) is 5.19. The monoisotopic (exact) mass is 320 g/mol. The normalized spacial score (nSPS) is 16.6. The highest BCUT2D eigenvalue weighted by molar-refractivity contribution is 6.02. The molecule has 1 unspecified atom stereocenters. The van der Waals surface area contributed by atoms with E-state index in [4.69, 9.17) is 14.2 Å². The molecule has 2 rings (SSSR count). The molecule has 0 aromatic heterocycles. The summed E-state index contributed by atoms with van der Waals surface area (Å²) in [5.74, 6) is -0.664. The standard InChI is InChI=1S/C17H20O6/c1-5-23-17(20)13-6-10(9(2)18)16(19)12-8-15(22-4)14(21-3)7-11(12)13/h7-8,13,19H,5-6H2,1-4H3. The maximum atomic E-state index is 12.3. The van der Waals surface area contributed by atoms with Gasteiger partial charge in [-0.15, -0.1) is 0 Å². The van der Waals surface area contributed by atoms with Gasteiger partial charge in [-0.05, 0) is 38.0 Å². The van der Waals surface area contributed by atoms with Gasteiger partial charge >= 0.3 is 5.97 Å². The molecule has 1 aliphatic rings. The number of fused-ring (bicyclic) bond motifs is 1. The number of benzene rings is 1. The Bertz CT molecular complexity index is 674. The Hall–Kier alpha value is -2.50. The molecule has 23 heavy (non-hydrogen) atoms. The molecule has 0 spiro atoms. The number of aliphatic hydroxyl groups is 1. The van der Waals surface area contributed by atoms with Crippen molar-refractivity contribution in [1.29, 1.82) is 0 Å². The van der Waals surface area contributed by atoms with E-state index in [1.54, 1.807) is 19.1 Å². The highest BCUT2D eigenvalue weighted by atomic mass is 16.5. The lowest BCUT2D eigenvalue weighted by Gasteiger charge is -2.26. The summed E-state index contributed by atoms with van der Waals surface area (Å²) in [6.07, 6.45) is 0.0997. The predicted molar refractivity (Wildman–Crippen MR) is 83.8 cm³/mol. The zero-order valence-electron chi connectivity index (χ0n) is 13.6. The minimum Gasteiger partial charge on any atom is -0.507 e. The van der Waals surface area contributed by atoms with Crippen molar-refractivity contribution >= 4 is 17.5 Å². The van der Waals surface area contributed by atoms with Crippen molar-refractivity contribution in [2.45, 2.75) is 26.2 Å². The fourth-order valence-corrected chi connectivity index (χ4v) is 2.73. The van der Waals surface area contributed by atoms with Crippen LogP contribution in [0.2, 0.25) is 0 Å². The van der Waals surface area contributed by atoms with Gasteiger partial charge in [0.05, 0.1) is 26.7 Å². The van der Waals surface area contributed by atoms with Crippen molar-refractivity contribution in [3.05, 3.63) is 28.8 Å². The van der Waals surface area contributed by atoms with Gasteiger partial charge in [0, 0.05) is 11.1 Å². The average molecular weight is 320 g/mol. The zero-order valence-corrected chi connectivity index (χ0v) is 13.6. The minimum absolute atomic E-state index is 0.0997. The molecule has 1 aliphatic carbocycles. The van der Waals surface area contributed by atoms with E-state index >= 15 is 0 Å². The molecule has 0 saturated heterocycles. The van der Waals surface area contributed by atoms with Crippen LogP contribution < -0.4 is 9.47 Å². The molecule has 0 radical (unpaired) electrons. The third-order valence-electron chi connectivity index (χ3n) is 3.88. The van der Waals surface area contributed by atoms with Gasteiger partial charge in [0.25, 0.3) is 0 Å². The van der Waals surface area contributed by atoms with Crippen LogP contribution in [0.15, 0.2) is 17.7 Å². The van der Waals surface area contributed by atoms with Crippen molar-refractivity contribution in [3.8, 4) is 11.5 Å². The van der Waals surface area contributed by atoms with Crippen LogP contribution in [0, 0.1) is 0 Å². The SMILES string of the molecule is CCOC(=O)C1CC(C(C)=O)=C(O)c2cc(OC)c(OC)cc21. The topological polar surface area (TPSA) is 82.1 Å². The number of Topliss-reactive ketones (excluding diaryl/α,β-unsaturated/α-hetero) is 1. The molecule has 1 aromatic rings. The number of carbonyl (C=O) groups excluding carboxylic acids is 2. The van der Waals surface area contributed by atoms with E-state index in [1.807, 2.05) is 0 Å². The molecule has 0 fully saturated rings. The van der Waals surface area contributed by atoms with Gasteiger partial charge in [0.15, 0.2) is 17.3 Å². The van der Waals surface area contributed by atoms with Gasteiger partial charge in [0.2, 0.25) is 0 Å². The van der Waals surface area contributed by atoms with Gasteiger partial charge in [-0.3, -0.25) is 9.59 Å². The largest absolute Gasteiger partial charge is 0.507 e. The Labute approximate surface area is 134 Å². The van der Waals surface area contributed by atoms with Crippen LogP contribution in [0.25, 0.3) is 5.76 Å². The summed E-state index contributed by atoms with van der Waals surface area (Å²) in [5, 5.41) is 10.4. The van der Waals surface area contributed by atoms with E-state index in [-0.39, 0.29) is 30.1 Å². The van der Waals surface area contributed by atoms with Crippen molar-refractivity contribution < 1.29 is 28.9 Å². The smallest absolute Gasteiger partial charge is 0.313 e. The number of esters is 1. The number of carbonyl (C=O) groups is 2. The molecule has 0 amide bonds. The van der Waals surface area contributed by atoms with Gasteiger partial charge in [0.1, 0.15) is 5.76 Å². The fraction of sp³-hybridized carbons (Fsp3) is 0.412. The zero-order chi connectivity index (χ0) is 17.1. The number of ether oxygens (including phenoxy) is 3. The lowest BCUT2D eigenvalue weighted by Crippen LogP contribution is -2.23. The van der Waals surface area contributed by atoms with E-state index in [0.29, 0.717) is 22.6 Å². The summed E-state index contributed by atoms with van der Waals surface area (Å²) >= 11 is 0. The maximum Gasteiger partial charge on any atom is 0.313 e. The summed E-state index contributed by atoms with van der Waals surface area (Å²) in [6.45, 7) is 3.32. The van der Waals surface area contributed by atoms with Crippen LogP contribution >= 0.6 is 0 Å². The number of methoxy groups -OCH3 is 2. The first-order valence-electron chi connectivity index (χ1n) is 7.30. The van der Waals surface area contributed by atoms with Crippen molar-refractivity contribution in [2.24, 2.45) is 0 Å². The second kappa shape index (κ2) is 6.73. The van der Waals surface area contributed by atoms with E-state index < -0.39 is 11.9 Å². The summed E-state index contributed by atoms with van der Waals surface area (Å²) in [5.41, 5.74) is 1.16. The lowest BCUT2D eigenvalue weighted by molar-refractivity contribution is -0.145. The highest BCUT2D eigenvalue weighted by Crippen LogP contribution is 2.43. The van der Waals surface area contributed by atoms with Crippen LogP contribution in [-0.4, -0.2) is 37.7 Å². The van der Waals surface area contributed by atoms with E-state index in [9.17, 15) is 14.7 Å². The van der Waals surface area contributed by atoms with Gasteiger partial charge in [-0.1, -0.05) is 0 Å². The minimum atomic E-state index is -0.667. The number of aliphatic hydroxyl groups excluding tert-OH is 1. The molecule has 1 atom stereocenters. The molecule has 6 nitrogen and oxygen atoms in total.